The van der Waals surface area contributed by atoms with Gasteiger partial charge in [-0.1, -0.05) is 18.2 Å². The fourth-order valence-electron chi connectivity index (χ4n) is 3.26. The molecule has 0 saturated heterocycles. The van der Waals surface area contributed by atoms with E-state index in [-0.39, 0.29) is 28.4 Å². The molecule has 0 fully saturated rings. The lowest BCUT2D eigenvalue weighted by Gasteiger charge is -2.32. The van der Waals surface area contributed by atoms with E-state index in [1.54, 1.807) is 30.0 Å². The summed E-state index contributed by atoms with van der Waals surface area (Å²) >= 11 is 0. The number of carbonyl (C=O) groups is 2. The quantitative estimate of drug-likeness (QED) is 0.619. The van der Waals surface area contributed by atoms with Gasteiger partial charge >= 0.3 is 5.97 Å². The van der Waals surface area contributed by atoms with Crippen molar-refractivity contribution in [1.82, 2.24) is 4.90 Å². The van der Waals surface area contributed by atoms with Crippen molar-refractivity contribution in [2.24, 2.45) is 0 Å². The van der Waals surface area contributed by atoms with Crippen molar-refractivity contribution in [3.63, 3.8) is 0 Å². The van der Waals surface area contributed by atoms with Gasteiger partial charge in [0.1, 0.15) is 0 Å². The molecule has 0 bridgehead atoms. The third kappa shape index (κ3) is 6.07. The van der Waals surface area contributed by atoms with Crippen molar-refractivity contribution in [3.05, 3.63) is 59.7 Å². The first-order chi connectivity index (χ1) is 14.4. The molecule has 2 aromatic carbocycles. The topological polar surface area (TPSA) is 92.8 Å². The van der Waals surface area contributed by atoms with Crippen LogP contribution in [0.4, 0.5) is 5.69 Å². The van der Waals surface area contributed by atoms with Crippen LogP contribution in [0.25, 0.3) is 0 Å². The van der Waals surface area contributed by atoms with Crippen LogP contribution in [0.15, 0.2) is 53.4 Å². The van der Waals surface area contributed by atoms with Gasteiger partial charge in [-0.2, -0.15) is 0 Å². The number of rotatable bonds is 8. The molecule has 0 radical (unpaired) electrons. The molecule has 0 saturated carbocycles. The van der Waals surface area contributed by atoms with Gasteiger partial charge in [0.25, 0.3) is 15.9 Å². The maximum absolute atomic E-state index is 12.6. The number of sulfonamides is 1. The van der Waals surface area contributed by atoms with Crippen LogP contribution in [-0.2, 0) is 19.6 Å². The predicted molar refractivity (Wildman–Crippen MR) is 120 cm³/mol. The van der Waals surface area contributed by atoms with Gasteiger partial charge in [-0.25, -0.2) is 13.2 Å². The number of hydrogen-bond acceptors (Lipinski definition) is 5. The van der Waals surface area contributed by atoms with Crippen LogP contribution in [0.3, 0.4) is 0 Å². The van der Waals surface area contributed by atoms with E-state index in [1.807, 2.05) is 33.8 Å². The Bertz CT molecular complexity index is 1020. The summed E-state index contributed by atoms with van der Waals surface area (Å²) in [7, 11) is -3.81. The van der Waals surface area contributed by atoms with E-state index in [0.717, 1.165) is 5.56 Å². The third-order valence-electron chi connectivity index (χ3n) is 4.79. The lowest BCUT2D eigenvalue weighted by molar-refractivity contribution is -0.143. The van der Waals surface area contributed by atoms with E-state index in [2.05, 4.69) is 4.72 Å². The smallest absolute Gasteiger partial charge is 0.338 e. The Hall–Kier alpha value is -2.87. The summed E-state index contributed by atoms with van der Waals surface area (Å²) in [5, 5.41) is 0. The fraction of sp³-hybridized carbons (Fsp3) is 0.391. The zero-order chi connectivity index (χ0) is 23.3. The van der Waals surface area contributed by atoms with Gasteiger partial charge < -0.3 is 9.64 Å². The van der Waals surface area contributed by atoms with Crippen LogP contribution < -0.4 is 4.72 Å². The van der Waals surface area contributed by atoms with E-state index >= 15 is 0 Å². The average molecular weight is 447 g/mol. The lowest BCUT2D eigenvalue weighted by atomic mass is 10.2. The minimum Gasteiger partial charge on any atom is -0.449 e. The molecular formula is C23H30N2O5S. The molecule has 1 atom stereocenters. The van der Waals surface area contributed by atoms with Gasteiger partial charge in [0.15, 0.2) is 6.10 Å². The summed E-state index contributed by atoms with van der Waals surface area (Å²) in [6.45, 7) is 10.9. The normalized spacial score (nSPS) is 12.5. The lowest BCUT2D eigenvalue weighted by Crippen LogP contribution is -2.47. The van der Waals surface area contributed by atoms with Gasteiger partial charge in [0.05, 0.1) is 16.1 Å². The standard InChI is InChI=1S/C23H30N2O5S/c1-15(2)25(16(3)4)22(26)18(6)30-23(27)19-11-13-20(14-12-19)31(28,29)24-21-10-8-7-9-17(21)5/h7-16,18,24H,1-6H3/t18-/m0/s1. The highest BCUT2D eigenvalue weighted by molar-refractivity contribution is 7.92. The fourth-order valence-corrected chi connectivity index (χ4v) is 4.39. The van der Waals surface area contributed by atoms with Crippen molar-refractivity contribution in [2.45, 2.75) is 64.6 Å². The largest absolute Gasteiger partial charge is 0.449 e. The Morgan fingerprint density at radius 3 is 1.97 bits per heavy atom. The Morgan fingerprint density at radius 1 is 0.903 bits per heavy atom. The van der Waals surface area contributed by atoms with Crippen LogP contribution in [0.5, 0.6) is 0 Å². The molecule has 1 amide bonds. The van der Waals surface area contributed by atoms with Gasteiger partial charge in [-0.15, -0.1) is 0 Å². The number of nitrogens with one attached hydrogen (secondary N) is 1. The van der Waals surface area contributed by atoms with Crippen LogP contribution in [0.2, 0.25) is 0 Å². The number of anilines is 1. The number of aryl methyl sites for hydroxylation is 1. The minimum absolute atomic E-state index is 0.0159. The molecule has 8 heteroatoms. The molecule has 0 aliphatic carbocycles. The summed E-state index contributed by atoms with van der Waals surface area (Å²) < 4.78 is 33.1. The number of hydrogen-bond donors (Lipinski definition) is 1. The first kappa shape index (κ1) is 24.4. The van der Waals surface area contributed by atoms with E-state index in [1.165, 1.54) is 31.2 Å². The number of esters is 1. The van der Waals surface area contributed by atoms with Crippen molar-refractivity contribution in [2.75, 3.05) is 4.72 Å². The molecule has 0 spiro atoms. The van der Waals surface area contributed by atoms with Crippen LogP contribution >= 0.6 is 0 Å². The maximum Gasteiger partial charge on any atom is 0.338 e. The maximum atomic E-state index is 12.6. The Labute approximate surface area is 184 Å². The number of benzene rings is 2. The van der Waals surface area contributed by atoms with Crippen molar-refractivity contribution >= 4 is 27.6 Å². The van der Waals surface area contributed by atoms with Gasteiger partial charge in [0, 0.05) is 12.1 Å². The average Bonchev–Trinajstić information content (AvgIpc) is 2.69. The number of nitrogens with zero attached hydrogens (tertiary/aromatic N) is 1. The highest BCUT2D eigenvalue weighted by atomic mass is 32.2. The molecule has 0 aliphatic heterocycles. The molecule has 7 nitrogen and oxygen atoms in total. The summed E-state index contributed by atoms with van der Waals surface area (Å²) in [4.78, 5) is 26.8. The monoisotopic (exact) mass is 446 g/mol. The van der Waals surface area contributed by atoms with Crippen LogP contribution in [0.1, 0.15) is 50.5 Å². The summed E-state index contributed by atoms with van der Waals surface area (Å²) in [6, 6.07) is 12.4. The molecule has 0 aliphatic rings. The van der Waals surface area contributed by atoms with E-state index < -0.39 is 22.1 Å². The van der Waals surface area contributed by atoms with E-state index in [9.17, 15) is 18.0 Å². The number of para-hydroxylation sites is 1. The molecule has 2 rings (SSSR count). The second-order valence-electron chi connectivity index (χ2n) is 7.93. The van der Waals surface area contributed by atoms with E-state index in [4.69, 9.17) is 4.74 Å². The molecular weight excluding hydrogens is 416 g/mol. The molecule has 2 aromatic rings. The minimum atomic E-state index is -3.81. The van der Waals surface area contributed by atoms with Crippen molar-refractivity contribution in [3.8, 4) is 0 Å². The second kappa shape index (κ2) is 9.96. The van der Waals surface area contributed by atoms with Gasteiger partial charge in [-0.05, 0) is 77.4 Å². The highest BCUT2D eigenvalue weighted by Crippen LogP contribution is 2.20. The molecule has 168 valence electrons. The first-order valence-electron chi connectivity index (χ1n) is 10.2. The Kier molecular flexibility index (Phi) is 7.84. The van der Waals surface area contributed by atoms with Crippen LogP contribution in [-0.4, -0.2) is 43.4 Å². The summed E-state index contributed by atoms with van der Waals surface area (Å²) in [5.74, 6) is -0.968. The van der Waals surface area contributed by atoms with E-state index in [0.29, 0.717) is 5.69 Å². The summed E-state index contributed by atoms with van der Waals surface area (Å²) in [5.41, 5.74) is 1.44. The molecule has 0 unspecified atom stereocenters. The molecule has 0 heterocycles. The SMILES string of the molecule is Cc1ccccc1NS(=O)(=O)c1ccc(C(=O)O[C@@H](C)C(=O)N(C(C)C)C(C)C)cc1. The van der Waals surface area contributed by atoms with Gasteiger partial charge in [-0.3, -0.25) is 9.52 Å². The summed E-state index contributed by atoms with van der Waals surface area (Å²) in [6.07, 6.45) is -0.955. The van der Waals surface area contributed by atoms with Crippen molar-refractivity contribution < 1.29 is 22.7 Å². The number of carbonyl (C=O) groups excluding carboxylic acids is 2. The third-order valence-corrected chi connectivity index (χ3v) is 6.17. The first-order valence-corrected chi connectivity index (χ1v) is 11.6. The zero-order valence-corrected chi connectivity index (χ0v) is 19.6. The van der Waals surface area contributed by atoms with Crippen LogP contribution in [0, 0.1) is 6.92 Å². The Balaban J connectivity index is 2.11. The molecule has 0 aromatic heterocycles. The predicted octanol–water partition coefficient (Wildman–Crippen LogP) is 3.99. The van der Waals surface area contributed by atoms with Gasteiger partial charge in [0.2, 0.25) is 0 Å². The molecule has 1 N–H and O–H groups in total. The number of ether oxygens (including phenoxy) is 1. The second-order valence-corrected chi connectivity index (χ2v) is 9.61. The molecule has 31 heavy (non-hydrogen) atoms. The van der Waals surface area contributed by atoms with Crippen molar-refractivity contribution in [1.29, 1.82) is 0 Å². The number of amides is 1. The zero-order valence-electron chi connectivity index (χ0n) is 18.7. The Morgan fingerprint density at radius 2 is 1.45 bits per heavy atom. The highest BCUT2D eigenvalue weighted by Gasteiger charge is 2.28.